The van der Waals surface area contributed by atoms with E-state index >= 15 is 8.78 Å². The predicted molar refractivity (Wildman–Crippen MR) is 210 cm³/mol. The second-order valence-electron chi connectivity index (χ2n) is 14.4. The van der Waals surface area contributed by atoms with Crippen LogP contribution in [0, 0.1) is 17.6 Å². The van der Waals surface area contributed by atoms with Crippen LogP contribution in [0.1, 0.15) is 53.1 Å². The van der Waals surface area contributed by atoms with Gasteiger partial charge in [-0.2, -0.15) is 19.0 Å². The van der Waals surface area contributed by atoms with Crippen molar-refractivity contribution in [3.05, 3.63) is 128 Å². The fourth-order valence-corrected chi connectivity index (χ4v) is 8.79. The second kappa shape index (κ2) is 14.4. The molecule has 0 bridgehead atoms. The van der Waals surface area contributed by atoms with Gasteiger partial charge in [-0.25, -0.2) is 22.5 Å². The van der Waals surface area contributed by atoms with Crippen molar-refractivity contribution in [3.63, 3.8) is 0 Å². The summed E-state index contributed by atoms with van der Waals surface area (Å²) in [4.78, 5) is 38.2. The lowest BCUT2D eigenvalue weighted by Gasteiger charge is -2.24. The topological polar surface area (TPSA) is 125 Å². The van der Waals surface area contributed by atoms with Crippen molar-refractivity contribution in [2.75, 3.05) is 11.0 Å². The van der Waals surface area contributed by atoms with Gasteiger partial charge in [-0.15, -0.1) is 0 Å². The third kappa shape index (κ3) is 6.57. The highest BCUT2D eigenvalue weighted by molar-refractivity contribution is 7.99. The zero-order chi connectivity index (χ0) is 41.5. The molecule has 3 atom stereocenters. The molecule has 0 aliphatic heterocycles. The smallest absolute Gasteiger partial charge is 0.293 e. The lowest BCUT2D eigenvalue weighted by atomic mass is 10.0. The van der Waals surface area contributed by atoms with Crippen molar-refractivity contribution in [2.45, 2.75) is 43.7 Å². The van der Waals surface area contributed by atoms with Crippen LogP contribution < -0.4 is 15.6 Å². The number of hydrogen-bond donors (Lipinski definition) is 2. The van der Waals surface area contributed by atoms with E-state index in [1.807, 2.05) is 6.07 Å². The number of aromatic nitrogens is 7. The minimum absolute atomic E-state index is 0.0288. The Morgan fingerprint density at radius 1 is 1.05 bits per heavy atom. The number of aryl methyl sites for hydroxylation is 1. The van der Waals surface area contributed by atoms with E-state index in [0.29, 0.717) is 43.6 Å². The molecule has 11 nitrogen and oxygen atoms in total. The normalized spacial score (nSPS) is 17.1. The van der Waals surface area contributed by atoms with Gasteiger partial charge < -0.3 is 10.0 Å². The van der Waals surface area contributed by atoms with Crippen molar-refractivity contribution >= 4 is 57.1 Å². The molecule has 1 fully saturated rings. The zero-order valence-electron chi connectivity index (χ0n) is 30.9. The summed E-state index contributed by atoms with van der Waals surface area (Å²) in [6, 6.07) is 12.9. The maximum atomic E-state index is 15.5. The average molecular weight is 850 g/mol. The molecule has 2 aliphatic rings. The van der Waals surface area contributed by atoms with Gasteiger partial charge in [-0.05, 0) is 65.9 Å². The molecule has 0 radical (unpaired) electrons. The molecular weight excluding hydrogens is 820 g/mol. The fourth-order valence-electron chi connectivity index (χ4n) is 8.21. The number of amides is 1. The van der Waals surface area contributed by atoms with E-state index in [-0.39, 0.29) is 46.4 Å². The van der Waals surface area contributed by atoms with Crippen molar-refractivity contribution in [3.8, 4) is 16.8 Å². The molecular formula is C40H30ClF6N9O2S. The molecule has 0 saturated heterocycles. The molecule has 7 aromatic rings. The molecule has 4 aromatic heterocycles. The first kappa shape index (κ1) is 38.6. The molecule has 2 aliphatic carbocycles. The quantitative estimate of drug-likeness (QED) is 0.0983. The highest BCUT2D eigenvalue weighted by Gasteiger charge is 2.67. The van der Waals surface area contributed by atoms with Gasteiger partial charge in [0, 0.05) is 55.2 Å². The summed E-state index contributed by atoms with van der Waals surface area (Å²) in [6.07, 6.45) is 1.50. The van der Waals surface area contributed by atoms with Crippen LogP contribution >= 0.6 is 23.5 Å². The van der Waals surface area contributed by atoms with Crippen LogP contribution in [-0.4, -0.2) is 46.3 Å². The summed E-state index contributed by atoms with van der Waals surface area (Å²) in [5.41, 5.74) is -0.255. The maximum absolute atomic E-state index is 15.5. The fraction of sp³-hybridized carbons (Fsp3) is 0.250. The summed E-state index contributed by atoms with van der Waals surface area (Å²) in [5, 5.41) is 12.0. The lowest BCUT2D eigenvalue weighted by molar-refractivity contribution is -0.123. The Hall–Kier alpha value is -5.88. The van der Waals surface area contributed by atoms with Crippen LogP contribution in [0.25, 0.3) is 38.6 Å². The number of alkyl halides is 4. The van der Waals surface area contributed by atoms with Crippen LogP contribution in [0.5, 0.6) is 0 Å². The standard InChI is InChI=1S/C40H30ClF6N9O2S/c1-54-34-29(8-7-26(41)32(34)37(52-54)53-59-2)56-38(50-27-13-19(5-6-23(27)39(56)58)20-4-3-9-48-16-20)28(12-18-10-21(42)14-22(43)11-18)49-30(57)17-55-35-31(33(51-55)36(44)45)24-15-25(24)40(35,46)47/h3-11,13-14,16,24-25,28,36H,12,15,17H2,1-2H3,(H,49,57)(H,52,53). The summed E-state index contributed by atoms with van der Waals surface area (Å²) in [7, 11) is 1.64. The van der Waals surface area contributed by atoms with Crippen LogP contribution in [0.15, 0.2) is 77.9 Å². The molecule has 1 saturated carbocycles. The minimum atomic E-state index is -3.50. The number of pyridine rings is 1. The van der Waals surface area contributed by atoms with Gasteiger partial charge in [0.15, 0.2) is 5.82 Å². The van der Waals surface area contributed by atoms with Gasteiger partial charge in [-0.3, -0.25) is 28.5 Å². The summed E-state index contributed by atoms with van der Waals surface area (Å²) >= 11 is 7.97. The van der Waals surface area contributed by atoms with E-state index in [1.165, 1.54) is 21.2 Å². The highest BCUT2D eigenvalue weighted by Crippen LogP contribution is 2.68. The first-order valence-corrected chi connectivity index (χ1v) is 19.8. The van der Waals surface area contributed by atoms with Gasteiger partial charge in [0.25, 0.3) is 17.9 Å². The first-order chi connectivity index (χ1) is 28.2. The van der Waals surface area contributed by atoms with Crippen molar-refractivity contribution in [1.82, 2.24) is 39.4 Å². The Morgan fingerprint density at radius 3 is 2.54 bits per heavy atom. The lowest BCUT2D eigenvalue weighted by Crippen LogP contribution is -2.38. The van der Waals surface area contributed by atoms with Gasteiger partial charge >= 0.3 is 0 Å². The van der Waals surface area contributed by atoms with Crippen LogP contribution in [-0.2, 0) is 30.7 Å². The molecule has 19 heteroatoms. The third-order valence-electron chi connectivity index (χ3n) is 10.7. The second-order valence-corrected chi connectivity index (χ2v) is 15.5. The Morgan fingerprint density at radius 2 is 1.83 bits per heavy atom. The van der Waals surface area contributed by atoms with Crippen molar-refractivity contribution < 1.29 is 31.1 Å². The molecule has 4 heterocycles. The van der Waals surface area contributed by atoms with Crippen LogP contribution in [0.3, 0.4) is 0 Å². The maximum Gasteiger partial charge on any atom is 0.293 e. The number of fused-ring (bicyclic) bond motifs is 5. The molecule has 2 N–H and O–H groups in total. The van der Waals surface area contributed by atoms with E-state index in [1.54, 1.807) is 62.1 Å². The molecule has 59 heavy (non-hydrogen) atoms. The van der Waals surface area contributed by atoms with E-state index in [9.17, 15) is 27.2 Å². The summed E-state index contributed by atoms with van der Waals surface area (Å²) in [6.45, 7) is -0.919. The zero-order valence-corrected chi connectivity index (χ0v) is 32.4. The molecule has 9 rings (SSSR count). The minimum Gasteiger partial charge on any atom is -0.344 e. The number of halogens is 7. The van der Waals surface area contributed by atoms with Crippen LogP contribution in [0.4, 0.5) is 32.2 Å². The van der Waals surface area contributed by atoms with E-state index in [4.69, 9.17) is 16.6 Å². The molecule has 3 aromatic carbocycles. The van der Waals surface area contributed by atoms with Gasteiger partial charge in [0.05, 0.1) is 38.6 Å². The van der Waals surface area contributed by atoms with E-state index in [2.05, 4.69) is 25.2 Å². The number of carbonyl (C=O) groups is 1. The van der Waals surface area contributed by atoms with E-state index < -0.39 is 71.3 Å². The van der Waals surface area contributed by atoms with Gasteiger partial charge in [0.2, 0.25) is 5.91 Å². The van der Waals surface area contributed by atoms with Crippen molar-refractivity contribution in [1.29, 1.82) is 0 Å². The largest absolute Gasteiger partial charge is 0.344 e. The monoisotopic (exact) mass is 849 g/mol. The first-order valence-electron chi connectivity index (χ1n) is 18.2. The number of rotatable bonds is 11. The number of nitrogens with one attached hydrogen (secondary N) is 2. The molecule has 302 valence electrons. The highest BCUT2D eigenvalue weighted by atomic mass is 35.5. The Kier molecular flexibility index (Phi) is 9.45. The van der Waals surface area contributed by atoms with Gasteiger partial charge in [0.1, 0.15) is 35.4 Å². The number of carbonyl (C=O) groups excluding carboxylic acids is 1. The Labute approximate surface area is 339 Å². The van der Waals surface area contributed by atoms with Crippen molar-refractivity contribution in [2.24, 2.45) is 13.0 Å². The summed E-state index contributed by atoms with van der Waals surface area (Å²) in [5.74, 6) is -8.03. The molecule has 1 amide bonds. The number of nitrogens with zero attached hydrogens (tertiary/aromatic N) is 7. The molecule has 0 spiro atoms. The Balaban J connectivity index is 1.25. The third-order valence-corrected chi connectivity index (χ3v) is 11.4. The predicted octanol–water partition coefficient (Wildman–Crippen LogP) is 8.40. The average Bonchev–Trinajstić information content (AvgIpc) is 3.73. The number of hydrogen-bond acceptors (Lipinski definition) is 8. The summed E-state index contributed by atoms with van der Waals surface area (Å²) < 4.78 is 95.1. The SMILES string of the molecule is CSNc1nn(C)c2c(-n3c(C(Cc4cc(F)cc(F)c4)NC(=O)Cn4nc(C(F)F)c5c4C(F)(F)C4CC54)nc4cc(-c5cccnc5)ccc4c3=O)ccc(Cl)c12. The number of anilines is 1. The van der Waals surface area contributed by atoms with E-state index in [0.717, 1.165) is 12.1 Å². The molecule has 3 unspecified atom stereocenters. The van der Waals surface area contributed by atoms with Crippen LogP contribution in [0.2, 0.25) is 5.02 Å². The Bertz CT molecular complexity index is 2880. The van der Waals surface area contributed by atoms with Gasteiger partial charge in [-0.1, -0.05) is 35.7 Å². The number of benzene rings is 3.